The quantitative estimate of drug-likeness (QED) is 0.452. The number of hydrogen-bond donors (Lipinski definition) is 1. The van der Waals surface area contributed by atoms with Crippen LogP contribution in [-0.4, -0.2) is 12.3 Å². The monoisotopic (exact) mass is 207 g/mol. The molecule has 6 heteroatoms. The third kappa shape index (κ3) is 1.60. The van der Waals surface area contributed by atoms with Gasteiger partial charge in [-0.3, -0.25) is 4.79 Å². The summed E-state index contributed by atoms with van der Waals surface area (Å²) in [6.45, 7) is -0.725. The second-order valence-corrected chi connectivity index (χ2v) is 2.47. The Morgan fingerprint density at radius 1 is 1.14 bits per heavy atom. The number of carbonyl (C=O) groups is 1. The molecule has 2 N–H and O–H groups in total. The summed E-state index contributed by atoms with van der Waals surface area (Å²) < 4.78 is 50.7. The zero-order valence-electron chi connectivity index (χ0n) is 6.78. The molecule has 1 aromatic carbocycles. The fourth-order valence-corrected chi connectivity index (χ4v) is 0.920. The highest BCUT2D eigenvalue weighted by atomic mass is 19.2. The van der Waals surface area contributed by atoms with E-state index in [4.69, 9.17) is 5.73 Å². The van der Waals surface area contributed by atoms with Crippen molar-refractivity contribution in [3.05, 3.63) is 34.9 Å². The van der Waals surface area contributed by atoms with Crippen LogP contribution >= 0.6 is 0 Å². The van der Waals surface area contributed by atoms with Gasteiger partial charge in [0.1, 0.15) is 0 Å². The Balaban J connectivity index is 3.47. The molecule has 0 saturated heterocycles. The van der Waals surface area contributed by atoms with Gasteiger partial charge in [0.05, 0.1) is 12.1 Å². The van der Waals surface area contributed by atoms with Crippen molar-refractivity contribution in [2.45, 2.75) is 0 Å². The SMILES string of the molecule is NCC(=O)c1c(F)c(F)cc(F)c1F. The van der Waals surface area contributed by atoms with Gasteiger partial charge in [0.15, 0.2) is 29.1 Å². The van der Waals surface area contributed by atoms with Crippen LogP contribution < -0.4 is 5.73 Å². The van der Waals surface area contributed by atoms with Crippen molar-refractivity contribution in [1.82, 2.24) is 0 Å². The Kier molecular flexibility index (Phi) is 2.85. The Morgan fingerprint density at radius 3 is 1.93 bits per heavy atom. The molecule has 0 bridgehead atoms. The van der Waals surface area contributed by atoms with Crippen molar-refractivity contribution >= 4 is 5.78 Å². The summed E-state index contributed by atoms with van der Waals surface area (Å²) >= 11 is 0. The van der Waals surface area contributed by atoms with Gasteiger partial charge in [0, 0.05) is 6.07 Å². The average molecular weight is 207 g/mol. The van der Waals surface area contributed by atoms with Gasteiger partial charge in [0.2, 0.25) is 0 Å². The molecule has 0 unspecified atom stereocenters. The van der Waals surface area contributed by atoms with Crippen LogP contribution in [0.15, 0.2) is 6.07 Å². The van der Waals surface area contributed by atoms with Crippen molar-refractivity contribution in [2.75, 3.05) is 6.54 Å². The fraction of sp³-hybridized carbons (Fsp3) is 0.125. The van der Waals surface area contributed by atoms with E-state index in [9.17, 15) is 22.4 Å². The second-order valence-electron chi connectivity index (χ2n) is 2.47. The lowest BCUT2D eigenvalue weighted by Crippen LogP contribution is -2.18. The summed E-state index contributed by atoms with van der Waals surface area (Å²) in [6.07, 6.45) is 0. The topological polar surface area (TPSA) is 43.1 Å². The number of hydrogen-bond acceptors (Lipinski definition) is 2. The largest absolute Gasteiger partial charge is 0.324 e. The number of nitrogens with two attached hydrogens (primary N) is 1. The summed E-state index contributed by atoms with van der Waals surface area (Å²) in [6, 6.07) is 0.0258. The maximum Gasteiger partial charge on any atom is 0.182 e. The van der Waals surface area contributed by atoms with Crippen LogP contribution in [0.3, 0.4) is 0 Å². The lowest BCUT2D eigenvalue weighted by molar-refractivity contribution is 0.0991. The Morgan fingerprint density at radius 2 is 1.57 bits per heavy atom. The minimum Gasteiger partial charge on any atom is -0.324 e. The van der Waals surface area contributed by atoms with Gasteiger partial charge < -0.3 is 5.73 Å². The van der Waals surface area contributed by atoms with Gasteiger partial charge in [0.25, 0.3) is 0 Å². The molecule has 0 radical (unpaired) electrons. The first-order chi connectivity index (χ1) is 6.49. The molecular weight excluding hydrogens is 202 g/mol. The average Bonchev–Trinajstić information content (AvgIpc) is 2.15. The van der Waals surface area contributed by atoms with Crippen molar-refractivity contribution < 1.29 is 22.4 Å². The summed E-state index contributed by atoms with van der Waals surface area (Å²) in [5, 5.41) is 0. The first kappa shape index (κ1) is 10.6. The van der Waals surface area contributed by atoms with E-state index in [0.29, 0.717) is 0 Å². The first-order valence-corrected chi connectivity index (χ1v) is 3.55. The van der Waals surface area contributed by atoms with E-state index >= 15 is 0 Å². The van der Waals surface area contributed by atoms with Crippen LogP contribution in [0, 0.1) is 23.3 Å². The summed E-state index contributed by atoms with van der Waals surface area (Å²) in [7, 11) is 0. The molecule has 0 aliphatic carbocycles. The molecule has 0 heterocycles. The van der Waals surface area contributed by atoms with Gasteiger partial charge in [-0.1, -0.05) is 0 Å². The first-order valence-electron chi connectivity index (χ1n) is 3.55. The standard InChI is InChI=1S/C8H5F4NO/c9-3-1-4(10)8(12)6(7(3)11)5(14)2-13/h1H,2,13H2. The minimum atomic E-state index is -1.72. The molecule has 0 amide bonds. The van der Waals surface area contributed by atoms with E-state index in [2.05, 4.69) is 0 Å². The van der Waals surface area contributed by atoms with Gasteiger partial charge in [-0.25, -0.2) is 17.6 Å². The molecule has 0 aliphatic heterocycles. The Labute approximate surface area is 76.3 Å². The Hall–Kier alpha value is -1.43. The van der Waals surface area contributed by atoms with E-state index in [1.54, 1.807) is 0 Å². The zero-order valence-corrected chi connectivity index (χ0v) is 6.78. The van der Waals surface area contributed by atoms with Gasteiger partial charge >= 0.3 is 0 Å². The molecular formula is C8H5F4NO. The van der Waals surface area contributed by atoms with Gasteiger partial charge in [-0.05, 0) is 0 Å². The van der Waals surface area contributed by atoms with Gasteiger partial charge in [-0.15, -0.1) is 0 Å². The lowest BCUT2D eigenvalue weighted by Gasteiger charge is -2.03. The van der Waals surface area contributed by atoms with Crippen molar-refractivity contribution in [1.29, 1.82) is 0 Å². The van der Waals surface area contributed by atoms with Crippen LogP contribution in [-0.2, 0) is 0 Å². The molecule has 14 heavy (non-hydrogen) atoms. The number of rotatable bonds is 2. The third-order valence-corrected chi connectivity index (χ3v) is 1.58. The maximum atomic E-state index is 12.8. The summed E-state index contributed by atoms with van der Waals surface area (Å²) in [5.41, 5.74) is 3.54. The lowest BCUT2D eigenvalue weighted by atomic mass is 10.1. The molecule has 0 saturated carbocycles. The fourth-order valence-electron chi connectivity index (χ4n) is 0.920. The van der Waals surface area contributed by atoms with E-state index in [1.165, 1.54) is 0 Å². The van der Waals surface area contributed by atoms with Crippen LogP contribution in [0.2, 0.25) is 0 Å². The zero-order chi connectivity index (χ0) is 10.9. The predicted molar refractivity (Wildman–Crippen MR) is 39.7 cm³/mol. The smallest absolute Gasteiger partial charge is 0.182 e. The molecule has 0 spiro atoms. The highest BCUT2D eigenvalue weighted by Crippen LogP contribution is 2.19. The van der Waals surface area contributed by atoms with Crippen LogP contribution in [0.25, 0.3) is 0 Å². The molecule has 0 atom stereocenters. The molecule has 0 aromatic heterocycles. The highest BCUT2D eigenvalue weighted by molar-refractivity contribution is 5.98. The third-order valence-electron chi connectivity index (χ3n) is 1.58. The molecule has 0 aliphatic rings. The Bertz CT molecular complexity index is 365. The molecule has 76 valence electrons. The molecule has 1 rings (SSSR count). The van der Waals surface area contributed by atoms with Crippen LogP contribution in [0.5, 0.6) is 0 Å². The predicted octanol–water partition coefficient (Wildman–Crippen LogP) is 1.38. The van der Waals surface area contributed by atoms with E-state index in [-0.39, 0.29) is 6.07 Å². The van der Waals surface area contributed by atoms with E-state index < -0.39 is 41.2 Å². The highest BCUT2D eigenvalue weighted by Gasteiger charge is 2.23. The minimum absolute atomic E-state index is 0.0258. The summed E-state index contributed by atoms with van der Waals surface area (Å²) in [5.74, 6) is -7.89. The molecule has 1 aromatic rings. The molecule has 2 nitrogen and oxygen atoms in total. The van der Waals surface area contributed by atoms with Crippen LogP contribution in [0.4, 0.5) is 17.6 Å². The van der Waals surface area contributed by atoms with Crippen LogP contribution in [0.1, 0.15) is 10.4 Å². The normalized spacial score (nSPS) is 10.4. The van der Waals surface area contributed by atoms with Crippen molar-refractivity contribution in [2.24, 2.45) is 5.73 Å². The number of ketones is 1. The van der Waals surface area contributed by atoms with Crippen molar-refractivity contribution in [3.8, 4) is 0 Å². The van der Waals surface area contributed by atoms with Crippen molar-refractivity contribution in [3.63, 3.8) is 0 Å². The number of carbonyl (C=O) groups excluding carboxylic acids is 1. The van der Waals surface area contributed by atoms with Gasteiger partial charge in [-0.2, -0.15) is 0 Å². The maximum absolute atomic E-state index is 12.8. The number of Topliss-reactive ketones (excluding diaryl/α,β-unsaturated/α-hetero) is 1. The second kappa shape index (κ2) is 3.75. The van der Waals surface area contributed by atoms with E-state index in [0.717, 1.165) is 0 Å². The summed E-state index contributed by atoms with van der Waals surface area (Å²) in [4.78, 5) is 10.8. The molecule has 0 fully saturated rings. The number of halogens is 4. The number of benzene rings is 1. The van der Waals surface area contributed by atoms with E-state index in [1.807, 2.05) is 0 Å².